The standard InChI is InChI=1S/C18H13F6N3O3/c1-30-13-7-5-11(6-8-13)25-16(29)14(15(28)18(22,23)24)27-26-12-4-2-3-10(9-12)17(19,20)21/h2-9,28H,1H3,(H,25,29). The fourth-order valence-electron chi connectivity index (χ4n) is 2.05. The molecule has 0 aliphatic heterocycles. The number of aliphatic hydroxyl groups is 1. The van der Waals surface area contributed by atoms with Crippen molar-refractivity contribution in [3.63, 3.8) is 0 Å². The Bertz CT molecular complexity index is 966. The first-order valence-corrected chi connectivity index (χ1v) is 7.96. The molecule has 160 valence electrons. The summed E-state index contributed by atoms with van der Waals surface area (Å²) < 4.78 is 81.8. The highest BCUT2D eigenvalue weighted by Crippen LogP contribution is 2.32. The van der Waals surface area contributed by atoms with E-state index >= 15 is 0 Å². The number of carbonyl (C=O) groups excluding carboxylic acids is 1. The minimum absolute atomic E-state index is 0.0440. The molecule has 1 amide bonds. The van der Waals surface area contributed by atoms with Crippen LogP contribution in [-0.2, 0) is 11.0 Å². The van der Waals surface area contributed by atoms with Crippen LogP contribution in [0.5, 0.6) is 5.75 Å². The van der Waals surface area contributed by atoms with Crippen molar-refractivity contribution in [1.29, 1.82) is 0 Å². The topological polar surface area (TPSA) is 83.3 Å². The number of ether oxygens (including phenoxy) is 1. The number of nitrogens with zero attached hydrogens (tertiary/aromatic N) is 2. The number of hydrogen-bond acceptors (Lipinski definition) is 5. The number of azo groups is 1. The van der Waals surface area contributed by atoms with Crippen LogP contribution in [0.2, 0.25) is 0 Å². The largest absolute Gasteiger partial charge is 0.503 e. The highest BCUT2D eigenvalue weighted by Gasteiger charge is 2.39. The molecule has 0 atom stereocenters. The highest BCUT2D eigenvalue weighted by atomic mass is 19.4. The van der Waals surface area contributed by atoms with E-state index in [0.717, 1.165) is 18.2 Å². The van der Waals surface area contributed by atoms with Crippen LogP contribution in [0.1, 0.15) is 5.56 Å². The minimum atomic E-state index is -5.35. The molecule has 0 unspecified atom stereocenters. The lowest BCUT2D eigenvalue weighted by atomic mass is 10.2. The summed E-state index contributed by atoms with van der Waals surface area (Å²) in [6, 6.07) is 8.67. The summed E-state index contributed by atoms with van der Waals surface area (Å²) in [7, 11) is 1.38. The first-order valence-electron chi connectivity index (χ1n) is 7.96. The normalized spacial score (nSPS) is 13.2. The van der Waals surface area contributed by atoms with Gasteiger partial charge in [-0.1, -0.05) is 6.07 Å². The number of methoxy groups -OCH3 is 1. The maximum absolute atomic E-state index is 12.9. The molecule has 0 fully saturated rings. The van der Waals surface area contributed by atoms with Gasteiger partial charge in [-0.2, -0.15) is 31.5 Å². The molecule has 2 aromatic rings. The number of hydrogen-bond donors (Lipinski definition) is 2. The van der Waals surface area contributed by atoms with Crippen LogP contribution >= 0.6 is 0 Å². The van der Waals surface area contributed by atoms with Crippen molar-refractivity contribution in [3.8, 4) is 5.75 Å². The maximum Gasteiger partial charge on any atom is 0.451 e. The number of rotatable bonds is 5. The molecule has 2 N–H and O–H groups in total. The summed E-state index contributed by atoms with van der Waals surface area (Å²) in [5.41, 5.74) is -3.08. The van der Waals surface area contributed by atoms with Crippen LogP contribution in [0.3, 0.4) is 0 Å². The Morgan fingerprint density at radius 2 is 1.67 bits per heavy atom. The Kier molecular flexibility index (Phi) is 6.70. The third-order valence-electron chi connectivity index (χ3n) is 3.49. The average Bonchev–Trinajstić information content (AvgIpc) is 2.67. The number of aliphatic hydroxyl groups excluding tert-OH is 1. The summed E-state index contributed by atoms with van der Waals surface area (Å²) in [4.78, 5) is 12.2. The molecule has 6 nitrogen and oxygen atoms in total. The van der Waals surface area contributed by atoms with Gasteiger partial charge in [-0.05, 0) is 42.5 Å². The second-order valence-electron chi connectivity index (χ2n) is 5.63. The average molecular weight is 433 g/mol. The molecule has 0 spiro atoms. The molecule has 2 rings (SSSR count). The van der Waals surface area contributed by atoms with E-state index in [9.17, 15) is 36.2 Å². The summed E-state index contributed by atoms with van der Waals surface area (Å²) in [5.74, 6) is -3.43. The van der Waals surface area contributed by atoms with Crippen molar-refractivity contribution in [3.05, 3.63) is 65.6 Å². The predicted molar refractivity (Wildman–Crippen MR) is 93.3 cm³/mol. The summed E-state index contributed by atoms with van der Waals surface area (Å²) in [5, 5.41) is 17.7. The summed E-state index contributed by atoms with van der Waals surface area (Å²) in [6.07, 6.45) is -10.1. The van der Waals surface area contributed by atoms with Gasteiger partial charge in [-0.15, -0.1) is 5.11 Å². The molecule has 12 heteroatoms. The zero-order valence-electron chi connectivity index (χ0n) is 15.0. The van der Waals surface area contributed by atoms with Gasteiger partial charge in [0.25, 0.3) is 5.91 Å². The van der Waals surface area contributed by atoms with Crippen molar-refractivity contribution in [2.24, 2.45) is 10.2 Å². The lowest BCUT2D eigenvalue weighted by Gasteiger charge is -2.10. The van der Waals surface area contributed by atoms with Gasteiger partial charge >= 0.3 is 12.4 Å². The highest BCUT2D eigenvalue weighted by molar-refractivity contribution is 6.03. The van der Waals surface area contributed by atoms with Crippen molar-refractivity contribution in [2.45, 2.75) is 12.4 Å². The Hall–Kier alpha value is -3.57. The number of anilines is 1. The molecule has 0 aliphatic rings. The van der Waals surface area contributed by atoms with Crippen LogP contribution in [-0.4, -0.2) is 24.3 Å². The predicted octanol–water partition coefficient (Wildman–Crippen LogP) is 5.77. The van der Waals surface area contributed by atoms with Crippen LogP contribution in [0.25, 0.3) is 0 Å². The van der Waals surface area contributed by atoms with Gasteiger partial charge in [-0.25, -0.2) is 0 Å². The molecular weight excluding hydrogens is 420 g/mol. The number of allylic oxidation sites excluding steroid dienone is 1. The van der Waals surface area contributed by atoms with Crippen molar-refractivity contribution in [2.75, 3.05) is 12.4 Å². The third kappa shape index (κ3) is 5.96. The van der Waals surface area contributed by atoms with Crippen LogP contribution in [0.15, 0.2) is 70.2 Å². The second kappa shape index (κ2) is 8.84. The zero-order valence-corrected chi connectivity index (χ0v) is 15.0. The number of amides is 1. The van der Waals surface area contributed by atoms with Gasteiger partial charge < -0.3 is 15.2 Å². The van der Waals surface area contributed by atoms with Gasteiger partial charge in [0, 0.05) is 5.69 Å². The summed E-state index contributed by atoms with van der Waals surface area (Å²) >= 11 is 0. The van der Waals surface area contributed by atoms with E-state index in [-0.39, 0.29) is 5.69 Å². The molecule has 0 aliphatic carbocycles. The first-order chi connectivity index (χ1) is 13.9. The van der Waals surface area contributed by atoms with E-state index in [4.69, 9.17) is 4.74 Å². The van der Waals surface area contributed by atoms with Gasteiger partial charge in [0.15, 0.2) is 5.70 Å². The first kappa shape index (κ1) is 22.7. The monoisotopic (exact) mass is 433 g/mol. The molecule has 0 aromatic heterocycles. The van der Waals surface area contributed by atoms with E-state index in [1.54, 1.807) is 0 Å². The number of alkyl halides is 6. The smallest absolute Gasteiger partial charge is 0.451 e. The van der Waals surface area contributed by atoms with Crippen LogP contribution in [0, 0.1) is 0 Å². The second-order valence-corrected chi connectivity index (χ2v) is 5.63. The number of nitrogens with one attached hydrogen (secondary N) is 1. The van der Waals surface area contributed by atoms with Gasteiger partial charge in [0.1, 0.15) is 5.75 Å². The lowest BCUT2D eigenvalue weighted by molar-refractivity contribution is -0.137. The van der Waals surface area contributed by atoms with Crippen molar-refractivity contribution < 1.29 is 41.0 Å². The van der Waals surface area contributed by atoms with Gasteiger partial charge in [0.2, 0.25) is 5.76 Å². The maximum atomic E-state index is 12.9. The van der Waals surface area contributed by atoms with Gasteiger partial charge in [0.05, 0.1) is 18.4 Å². The van der Waals surface area contributed by atoms with Crippen LogP contribution < -0.4 is 10.1 Å². The van der Waals surface area contributed by atoms with E-state index in [1.807, 2.05) is 0 Å². The number of benzene rings is 2. The quantitative estimate of drug-likeness (QED) is 0.272. The fraction of sp³-hybridized carbons (Fsp3) is 0.167. The van der Waals surface area contributed by atoms with Gasteiger partial charge in [-0.3, -0.25) is 4.79 Å². The van der Waals surface area contributed by atoms with Crippen molar-refractivity contribution in [1.82, 2.24) is 0 Å². The number of halogens is 6. The Morgan fingerprint density at radius 1 is 1.03 bits per heavy atom. The third-order valence-corrected chi connectivity index (χ3v) is 3.49. The molecule has 30 heavy (non-hydrogen) atoms. The van der Waals surface area contributed by atoms with Crippen LogP contribution in [0.4, 0.5) is 37.7 Å². The zero-order chi connectivity index (χ0) is 22.5. The molecule has 0 radical (unpaired) electrons. The molecule has 0 saturated heterocycles. The SMILES string of the molecule is COc1ccc(NC(=O)C(N=Nc2cccc(C(F)(F)F)c2)=C(O)C(F)(F)F)cc1. The van der Waals surface area contributed by atoms with E-state index in [2.05, 4.69) is 15.5 Å². The number of carbonyl (C=O) groups is 1. The molecular formula is C18H13F6N3O3. The Balaban J connectivity index is 2.36. The minimum Gasteiger partial charge on any atom is -0.503 e. The summed E-state index contributed by atoms with van der Waals surface area (Å²) in [6.45, 7) is 0. The fourth-order valence-corrected chi connectivity index (χ4v) is 2.05. The van der Waals surface area contributed by atoms with E-state index in [0.29, 0.717) is 11.8 Å². The molecule has 0 bridgehead atoms. The lowest BCUT2D eigenvalue weighted by Crippen LogP contribution is -2.21. The molecule has 0 saturated carbocycles. The Labute approximate surface area is 165 Å². The van der Waals surface area contributed by atoms with E-state index in [1.165, 1.54) is 31.4 Å². The molecule has 0 heterocycles. The van der Waals surface area contributed by atoms with E-state index < -0.39 is 41.0 Å². The van der Waals surface area contributed by atoms with Crippen molar-refractivity contribution >= 4 is 17.3 Å². The Morgan fingerprint density at radius 3 is 2.20 bits per heavy atom. The molecule has 2 aromatic carbocycles.